The molecular formula is C30H26N6O4. The van der Waals surface area contributed by atoms with Crippen molar-refractivity contribution in [2.75, 3.05) is 36.0 Å². The summed E-state index contributed by atoms with van der Waals surface area (Å²) >= 11 is 0. The average molecular weight is 535 g/mol. The number of benzene rings is 4. The fourth-order valence-corrected chi connectivity index (χ4v) is 4.30. The molecule has 4 aromatic carbocycles. The Hall–Kier alpha value is -5.38. The summed E-state index contributed by atoms with van der Waals surface area (Å²) in [6.07, 6.45) is 1.33. The number of carbonyl (C=O) groups is 2. The lowest BCUT2D eigenvalue weighted by atomic mass is 10.2. The molecule has 0 aromatic heterocycles. The zero-order chi connectivity index (χ0) is 27.9. The highest BCUT2D eigenvalue weighted by Crippen LogP contribution is 2.31. The van der Waals surface area contributed by atoms with E-state index in [-0.39, 0.29) is 11.5 Å². The number of azo groups is 2. The molecule has 0 atom stereocenters. The minimum absolute atomic E-state index is 0.0931. The Bertz CT molecular complexity index is 1440. The first kappa shape index (κ1) is 26.2. The molecule has 0 amide bonds. The molecule has 5 rings (SSSR count). The van der Waals surface area contributed by atoms with Gasteiger partial charge in [0.25, 0.3) is 0 Å². The van der Waals surface area contributed by atoms with Crippen LogP contribution in [-0.4, -0.2) is 49.0 Å². The van der Waals surface area contributed by atoms with Crippen molar-refractivity contribution in [3.63, 3.8) is 0 Å². The largest absolute Gasteiger partial charge is 0.506 e. The highest BCUT2D eigenvalue weighted by molar-refractivity contribution is 5.78. The quantitative estimate of drug-likeness (QED) is 0.187. The first-order valence-corrected chi connectivity index (χ1v) is 12.6. The summed E-state index contributed by atoms with van der Waals surface area (Å²) < 4.78 is 0. The van der Waals surface area contributed by atoms with Gasteiger partial charge >= 0.3 is 0 Å². The van der Waals surface area contributed by atoms with E-state index in [1.54, 1.807) is 24.3 Å². The molecule has 200 valence electrons. The molecule has 1 aliphatic rings. The van der Waals surface area contributed by atoms with Crippen molar-refractivity contribution < 1.29 is 19.8 Å². The number of aldehydes is 2. The van der Waals surface area contributed by atoms with Crippen LogP contribution in [0.1, 0.15) is 20.7 Å². The Labute approximate surface area is 230 Å². The first-order chi connectivity index (χ1) is 19.5. The second-order valence-electron chi connectivity index (χ2n) is 9.14. The normalized spacial score (nSPS) is 13.7. The first-order valence-electron chi connectivity index (χ1n) is 12.6. The van der Waals surface area contributed by atoms with Gasteiger partial charge in [0.1, 0.15) is 35.4 Å². The maximum atomic E-state index is 10.8. The average Bonchev–Trinajstić information content (AvgIpc) is 3.00. The van der Waals surface area contributed by atoms with Crippen molar-refractivity contribution in [3.05, 3.63) is 96.1 Å². The Balaban J connectivity index is 1.15. The van der Waals surface area contributed by atoms with Crippen LogP contribution < -0.4 is 9.80 Å². The molecule has 0 radical (unpaired) electrons. The monoisotopic (exact) mass is 534 g/mol. The molecule has 1 heterocycles. The molecule has 2 N–H and O–H groups in total. The van der Waals surface area contributed by atoms with Gasteiger partial charge in [0.05, 0.1) is 11.4 Å². The van der Waals surface area contributed by atoms with Gasteiger partial charge in [0.15, 0.2) is 0 Å². The number of nitrogens with zero attached hydrogens (tertiary/aromatic N) is 6. The van der Waals surface area contributed by atoms with Crippen LogP contribution in [0.25, 0.3) is 0 Å². The minimum Gasteiger partial charge on any atom is -0.506 e. The number of anilines is 2. The van der Waals surface area contributed by atoms with Crippen LogP contribution in [0.15, 0.2) is 105 Å². The Morgan fingerprint density at radius 1 is 0.525 bits per heavy atom. The predicted octanol–water partition coefficient (Wildman–Crippen LogP) is 6.88. The number of hydrogen-bond acceptors (Lipinski definition) is 10. The van der Waals surface area contributed by atoms with Gasteiger partial charge in [-0.15, -0.1) is 10.2 Å². The van der Waals surface area contributed by atoms with Crippen molar-refractivity contribution in [2.24, 2.45) is 20.5 Å². The summed E-state index contributed by atoms with van der Waals surface area (Å²) in [6, 6.07) is 24.5. The van der Waals surface area contributed by atoms with Crippen LogP contribution in [0.4, 0.5) is 34.1 Å². The summed E-state index contributed by atoms with van der Waals surface area (Å²) in [6.45, 7) is 3.43. The third-order valence-corrected chi connectivity index (χ3v) is 6.53. The molecule has 1 fully saturated rings. The lowest BCUT2D eigenvalue weighted by molar-refractivity contribution is 0.111. The highest BCUT2D eigenvalue weighted by atomic mass is 16.3. The molecule has 0 spiro atoms. The van der Waals surface area contributed by atoms with E-state index in [0.29, 0.717) is 46.4 Å². The molecule has 40 heavy (non-hydrogen) atoms. The number of aromatic hydroxyl groups is 2. The number of piperazine rings is 1. The molecule has 0 bridgehead atoms. The fourth-order valence-electron chi connectivity index (χ4n) is 4.30. The molecule has 10 heteroatoms. The lowest BCUT2D eigenvalue weighted by Crippen LogP contribution is -2.46. The van der Waals surface area contributed by atoms with Gasteiger partial charge < -0.3 is 20.0 Å². The molecular weight excluding hydrogens is 508 g/mol. The van der Waals surface area contributed by atoms with Crippen LogP contribution in [0.3, 0.4) is 0 Å². The van der Waals surface area contributed by atoms with Crippen LogP contribution in [-0.2, 0) is 0 Å². The Morgan fingerprint density at radius 2 is 0.900 bits per heavy atom. The summed E-state index contributed by atoms with van der Waals surface area (Å²) in [4.78, 5) is 26.2. The molecule has 4 aromatic rings. The van der Waals surface area contributed by atoms with E-state index in [4.69, 9.17) is 0 Å². The van der Waals surface area contributed by atoms with E-state index >= 15 is 0 Å². The number of rotatable bonds is 8. The lowest BCUT2D eigenvalue weighted by Gasteiger charge is -2.37. The zero-order valence-electron chi connectivity index (χ0n) is 21.5. The van der Waals surface area contributed by atoms with Crippen LogP contribution in [0, 0.1) is 0 Å². The van der Waals surface area contributed by atoms with Crippen LogP contribution in [0.5, 0.6) is 11.5 Å². The fraction of sp³-hybridized carbons (Fsp3) is 0.133. The standard InChI is InChI=1S/C30H26N6O4/c37-19-21-1-11-27(29(39)17-21)33-31-23-3-7-25(8-4-23)35-13-15-36(16-14-35)26-9-5-24(6-10-26)32-34-28-12-2-22(20-38)18-30(28)40/h1-12,17-20,39-40H,13-16H2. The zero-order valence-corrected chi connectivity index (χ0v) is 21.5. The van der Waals surface area contributed by atoms with E-state index in [1.807, 2.05) is 48.5 Å². The van der Waals surface area contributed by atoms with E-state index in [0.717, 1.165) is 37.6 Å². The Morgan fingerprint density at radius 3 is 1.23 bits per heavy atom. The second-order valence-corrected chi connectivity index (χ2v) is 9.14. The van der Waals surface area contributed by atoms with Gasteiger partial charge in [-0.2, -0.15) is 10.2 Å². The molecule has 0 saturated carbocycles. The van der Waals surface area contributed by atoms with Crippen LogP contribution in [0.2, 0.25) is 0 Å². The van der Waals surface area contributed by atoms with E-state index in [1.165, 1.54) is 12.1 Å². The van der Waals surface area contributed by atoms with Crippen molar-refractivity contribution in [3.8, 4) is 11.5 Å². The van der Waals surface area contributed by atoms with Crippen molar-refractivity contribution >= 4 is 46.7 Å². The summed E-state index contributed by atoms with van der Waals surface area (Å²) in [5.74, 6) is -0.186. The Kier molecular flexibility index (Phi) is 7.87. The van der Waals surface area contributed by atoms with E-state index < -0.39 is 0 Å². The predicted molar refractivity (Wildman–Crippen MR) is 153 cm³/mol. The maximum absolute atomic E-state index is 10.8. The molecule has 1 aliphatic heterocycles. The smallest absolute Gasteiger partial charge is 0.150 e. The van der Waals surface area contributed by atoms with Gasteiger partial charge in [-0.1, -0.05) is 0 Å². The topological polar surface area (TPSA) is 131 Å². The number of hydrogen-bond donors (Lipinski definition) is 2. The second kappa shape index (κ2) is 12.0. The molecule has 1 saturated heterocycles. The van der Waals surface area contributed by atoms with Gasteiger partial charge in [0, 0.05) is 48.7 Å². The van der Waals surface area contributed by atoms with Gasteiger partial charge in [-0.05, 0) is 84.9 Å². The summed E-state index contributed by atoms with van der Waals surface area (Å²) in [5.41, 5.74) is 4.86. The summed E-state index contributed by atoms with van der Waals surface area (Å²) in [5, 5.41) is 36.5. The third kappa shape index (κ3) is 6.18. The molecule has 10 nitrogen and oxygen atoms in total. The van der Waals surface area contributed by atoms with E-state index in [2.05, 4.69) is 30.3 Å². The van der Waals surface area contributed by atoms with Crippen LogP contribution >= 0.6 is 0 Å². The third-order valence-electron chi connectivity index (χ3n) is 6.53. The highest BCUT2D eigenvalue weighted by Gasteiger charge is 2.17. The number of phenolic OH excluding ortho intramolecular Hbond substituents is 2. The van der Waals surface area contributed by atoms with Crippen molar-refractivity contribution in [1.29, 1.82) is 0 Å². The SMILES string of the molecule is O=Cc1ccc(N=Nc2ccc(N3CCN(c4ccc(N=Nc5ccc(C=O)cc5O)cc4)CC3)cc2)c(O)c1. The maximum Gasteiger partial charge on any atom is 0.150 e. The molecule has 0 unspecified atom stereocenters. The molecule has 0 aliphatic carbocycles. The van der Waals surface area contributed by atoms with Gasteiger partial charge in [-0.25, -0.2) is 0 Å². The van der Waals surface area contributed by atoms with Crippen molar-refractivity contribution in [2.45, 2.75) is 0 Å². The number of carbonyl (C=O) groups excluding carboxylic acids is 2. The number of phenols is 2. The van der Waals surface area contributed by atoms with Gasteiger partial charge in [0.2, 0.25) is 0 Å². The van der Waals surface area contributed by atoms with Crippen molar-refractivity contribution in [1.82, 2.24) is 0 Å². The minimum atomic E-state index is -0.0931. The summed E-state index contributed by atoms with van der Waals surface area (Å²) in [7, 11) is 0. The van der Waals surface area contributed by atoms with Gasteiger partial charge in [-0.3, -0.25) is 9.59 Å². The van der Waals surface area contributed by atoms with E-state index in [9.17, 15) is 19.8 Å².